The van der Waals surface area contributed by atoms with Gasteiger partial charge < -0.3 is 20.6 Å². The predicted octanol–water partition coefficient (Wildman–Crippen LogP) is 3.27. The van der Waals surface area contributed by atoms with Crippen molar-refractivity contribution in [1.82, 2.24) is 15.5 Å². The zero-order chi connectivity index (χ0) is 31.2. The third-order valence-corrected chi connectivity index (χ3v) is 10.5. The van der Waals surface area contributed by atoms with E-state index in [0.717, 1.165) is 22.9 Å². The number of phenols is 1. The summed E-state index contributed by atoms with van der Waals surface area (Å²) in [6.45, 7) is 1.28. The number of benzene rings is 3. The minimum atomic E-state index is -3.58. The number of fused-ring (bicyclic) bond motifs is 3. The molecule has 9 nitrogen and oxygen atoms in total. The number of hydrogen-bond donors (Lipinski definition) is 3. The van der Waals surface area contributed by atoms with Crippen LogP contribution in [-0.4, -0.2) is 68.2 Å². The molecule has 0 saturated carbocycles. The normalized spacial score (nSPS) is 19.8. The Morgan fingerprint density at radius 2 is 1.82 bits per heavy atom. The van der Waals surface area contributed by atoms with Crippen LogP contribution >= 0.6 is 11.6 Å². The SMILES string of the molecule is CS(=O)(=O)N1CC2(CCN(C(=O)[C@H](Cc3ccc(Cl)cc3)NC(=O)[C@@H]3Cc4ccc(O)cc4CN3)CC2)c2cc(F)ccc21. The van der Waals surface area contributed by atoms with Gasteiger partial charge in [0.2, 0.25) is 21.8 Å². The molecule has 3 aliphatic rings. The van der Waals surface area contributed by atoms with Crippen molar-refractivity contribution in [3.05, 3.63) is 93.8 Å². The number of carbonyl (C=O) groups excluding carboxylic acids is 2. The van der Waals surface area contributed by atoms with E-state index >= 15 is 0 Å². The van der Waals surface area contributed by atoms with Crippen LogP contribution in [0.1, 0.15) is 35.1 Å². The largest absolute Gasteiger partial charge is 0.508 e. The fraction of sp³-hybridized carbons (Fsp3) is 0.375. The fourth-order valence-corrected chi connectivity index (χ4v) is 7.83. The van der Waals surface area contributed by atoms with Gasteiger partial charge in [-0.15, -0.1) is 0 Å². The van der Waals surface area contributed by atoms with Gasteiger partial charge in [0.15, 0.2) is 0 Å². The molecule has 3 N–H and O–H groups in total. The van der Waals surface area contributed by atoms with Gasteiger partial charge >= 0.3 is 0 Å². The van der Waals surface area contributed by atoms with Crippen molar-refractivity contribution in [2.45, 2.75) is 49.7 Å². The predicted molar refractivity (Wildman–Crippen MR) is 166 cm³/mol. The number of hydrogen-bond acceptors (Lipinski definition) is 6. The van der Waals surface area contributed by atoms with Crippen LogP contribution < -0.4 is 14.9 Å². The lowest BCUT2D eigenvalue weighted by molar-refractivity contribution is -0.138. The molecule has 232 valence electrons. The number of likely N-dealkylation sites (tertiary alicyclic amines) is 1. The first-order chi connectivity index (χ1) is 20.9. The van der Waals surface area contributed by atoms with Gasteiger partial charge in [-0.05, 0) is 84.0 Å². The molecular formula is C32H34ClFN4O5S. The topological polar surface area (TPSA) is 119 Å². The monoisotopic (exact) mass is 640 g/mol. The molecule has 0 unspecified atom stereocenters. The van der Waals surface area contributed by atoms with E-state index in [1.807, 2.05) is 18.2 Å². The molecule has 3 aliphatic heterocycles. The number of rotatable bonds is 6. The van der Waals surface area contributed by atoms with E-state index < -0.39 is 33.3 Å². The quantitative estimate of drug-likeness (QED) is 0.381. The van der Waals surface area contributed by atoms with E-state index in [0.29, 0.717) is 55.2 Å². The first kappa shape index (κ1) is 30.4. The summed E-state index contributed by atoms with van der Waals surface area (Å²) in [6.07, 6.45) is 2.73. The van der Waals surface area contributed by atoms with Gasteiger partial charge in [-0.1, -0.05) is 29.8 Å². The van der Waals surface area contributed by atoms with Crippen molar-refractivity contribution in [2.75, 3.05) is 30.2 Å². The number of nitrogens with zero attached hydrogens (tertiary/aromatic N) is 2. The van der Waals surface area contributed by atoms with Crippen LogP contribution in [0.2, 0.25) is 5.02 Å². The molecule has 12 heteroatoms. The summed E-state index contributed by atoms with van der Waals surface area (Å²) in [5.41, 5.74) is 3.24. The van der Waals surface area contributed by atoms with E-state index in [4.69, 9.17) is 11.6 Å². The average molecular weight is 641 g/mol. The zero-order valence-corrected chi connectivity index (χ0v) is 25.8. The molecule has 44 heavy (non-hydrogen) atoms. The molecule has 6 rings (SSSR count). The standard InChI is InChI=1S/C32H34ClFN4O5S/c1-44(42,43)38-19-32(26-17-24(34)7-9-29(26)38)10-12-37(13-11-32)31(41)28(14-20-2-5-23(33)6-3-20)36-30(40)27-16-21-4-8-25(39)15-22(21)18-35-27/h2-9,15,17,27-28,35,39H,10-14,16,18-19H2,1H3,(H,36,40)/t27-,28-/m0/s1. The molecule has 0 aliphatic carbocycles. The van der Waals surface area contributed by atoms with Gasteiger partial charge in [0.25, 0.3) is 0 Å². The Labute approximate surface area is 261 Å². The first-order valence-electron chi connectivity index (χ1n) is 14.6. The fourth-order valence-electron chi connectivity index (χ4n) is 6.71. The number of sulfonamides is 1. The van der Waals surface area contributed by atoms with Crippen molar-refractivity contribution < 1.29 is 27.5 Å². The lowest BCUT2D eigenvalue weighted by atomic mass is 9.74. The van der Waals surface area contributed by atoms with Gasteiger partial charge in [0.05, 0.1) is 18.0 Å². The Bertz CT molecular complexity index is 1710. The number of anilines is 1. The maximum absolute atomic E-state index is 14.3. The molecule has 3 heterocycles. The van der Waals surface area contributed by atoms with E-state index in [1.165, 1.54) is 22.5 Å². The first-order valence-corrected chi connectivity index (χ1v) is 16.8. The molecular weight excluding hydrogens is 607 g/mol. The smallest absolute Gasteiger partial charge is 0.245 e. The second kappa shape index (κ2) is 11.7. The molecule has 1 spiro atoms. The maximum Gasteiger partial charge on any atom is 0.245 e. The van der Waals surface area contributed by atoms with Crippen molar-refractivity contribution in [2.24, 2.45) is 0 Å². The van der Waals surface area contributed by atoms with Crippen LogP contribution in [-0.2, 0) is 44.4 Å². The van der Waals surface area contributed by atoms with E-state index in [2.05, 4.69) is 10.6 Å². The molecule has 0 radical (unpaired) electrons. The van der Waals surface area contributed by atoms with E-state index in [9.17, 15) is 27.5 Å². The summed E-state index contributed by atoms with van der Waals surface area (Å²) in [7, 11) is -3.58. The number of halogens is 2. The lowest BCUT2D eigenvalue weighted by Gasteiger charge is -2.41. The van der Waals surface area contributed by atoms with Crippen molar-refractivity contribution in [3.63, 3.8) is 0 Å². The van der Waals surface area contributed by atoms with E-state index in [-0.39, 0.29) is 30.5 Å². The van der Waals surface area contributed by atoms with Gasteiger partial charge in [0, 0.05) is 43.0 Å². The number of aromatic hydroxyl groups is 1. The van der Waals surface area contributed by atoms with Crippen molar-refractivity contribution in [3.8, 4) is 5.75 Å². The number of phenolic OH excluding ortho intramolecular Hbond substituents is 1. The van der Waals surface area contributed by atoms with Crippen LogP contribution in [0.4, 0.5) is 10.1 Å². The molecule has 3 aromatic rings. The van der Waals surface area contributed by atoms with Gasteiger partial charge in [0.1, 0.15) is 17.6 Å². The highest BCUT2D eigenvalue weighted by Crippen LogP contribution is 2.48. The lowest BCUT2D eigenvalue weighted by Crippen LogP contribution is -2.57. The summed E-state index contributed by atoms with van der Waals surface area (Å²) in [5, 5.41) is 16.6. The number of nitrogens with one attached hydrogen (secondary N) is 2. The van der Waals surface area contributed by atoms with Crippen LogP contribution in [0.15, 0.2) is 60.7 Å². The third kappa shape index (κ3) is 6.00. The summed E-state index contributed by atoms with van der Waals surface area (Å²) in [6, 6.07) is 15.0. The minimum Gasteiger partial charge on any atom is -0.508 e. The molecule has 1 fully saturated rings. The van der Waals surface area contributed by atoms with Crippen LogP contribution in [0.25, 0.3) is 0 Å². The van der Waals surface area contributed by atoms with Crippen molar-refractivity contribution in [1.29, 1.82) is 0 Å². The second-order valence-corrected chi connectivity index (χ2v) is 14.4. The number of piperidine rings is 1. The molecule has 2 atom stereocenters. The zero-order valence-electron chi connectivity index (χ0n) is 24.2. The maximum atomic E-state index is 14.3. The van der Waals surface area contributed by atoms with E-state index in [1.54, 1.807) is 29.2 Å². The number of carbonyl (C=O) groups is 2. The minimum absolute atomic E-state index is 0.167. The summed E-state index contributed by atoms with van der Waals surface area (Å²) in [5.74, 6) is -0.797. The Morgan fingerprint density at radius 3 is 2.52 bits per heavy atom. The second-order valence-electron chi connectivity index (χ2n) is 12.0. The Balaban J connectivity index is 1.20. The summed E-state index contributed by atoms with van der Waals surface area (Å²) < 4.78 is 40.8. The average Bonchev–Trinajstić information content (AvgIpc) is 3.31. The highest BCUT2D eigenvalue weighted by Gasteiger charge is 2.48. The molecule has 2 amide bonds. The third-order valence-electron chi connectivity index (χ3n) is 9.11. The van der Waals surface area contributed by atoms with Crippen LogP contribution in [0, 0.1) is 5.82 Å². The Hall–Kier alpha value is -3.67. The molecule has 3 aromatic carbocycles. The van der Waals surface area contributed by atoms with Gasteiger partial charge in [-0.3, -0.25) is 13.9 Å². The van der Waals surface area contributed by atoms with Crippen LogP contribution in [0.5, 0.6) is 5.75 Å². The summed E-state index contributed by atoms with van der Waals surface area (Å²) >= 11 is 6.08. The number of amides is 2. The van der Waals surface area contributed by atoms with Crippen molar-refractivity contribution >= 4 is 39.1 Å². The molecule has 0 bridgehead atoms. The molecule has 0 aromatic heterocycles. The highest BCUT2D eigenvalue weighted by atomic mass is 35.5. The Kier molecular flexibility index (Phi) is 8.06. The van der Waals surface area contributed by atoms with Gasteiger partial charge in [-0.25, -0.2) is 12.8 Å². The van der Waals surface area contributed by atoms with Crippen LogP contribution in [0.3, 0.4) is 0 Å². The highest BCUT2D eigenvalue weighted by molar-refractivity contribution is 7.92. The summed E-state index contributed by atoms with van der Waals surface area (Å²) in [4.78, 5) is 29.2. The molecule has 1 saturated heterocycles. The van der Waals surface area contributed by atoms with Gasteiger partial charge in [-0.2, -0.15) is 0 Å². The Morgan fingerprint density at radius 1 is 1.09 bits per heavy atom.